The van der Waals surface area contributed by atoms with Gasteiger partial charge in [-0.3, -0.25) is 20.2 Å². The monoisotopic (exact) mass is 310 g/mol. The minimum atomic E-state index is -0.589. The Labute approximate surface area is 124 Å². The van der Waals surface area contributed by atoms with E-state index in [1.54, 1.807) is 6.07 Å². The smallest absolute Gasteiger partial charge is 0.258 e. The average molecular weight is 311 g/mol. The number of aromatic nitrogens is 2. The van der Waals surface area contributed by atoms with Gasteiger partial charge in [0.2, 0.25) is 5.15 Å². The van der Waals surface area contributed by atoms with Crippen molar-refractivity contribution >= 4 is 23.0 Å². The summed E-state index contributed by atoms with van der Waals surface area (Å²) in [5.74, 6) is 0. The first-order valence-corrected chi connectivity index (χ1v) is 6.50. The summed E-state index contributed by atoms with van der Waals surface area (Å²) in [6.45, 7) is 1.87. The van der Waals surface area contributed by atoms with Crippen LogP contribution in [0.1, 0.15) is 19.0 Å². The summed E-state index contributed by atoms with van der Waals surface area (Å²) >= 11 is 6.02. The van der Waals surface area contributed by atoms with Gasteiger partial charge in [0.05, 0.1) is 15.5 Å². The van der Waals surface area contributed by atoms with Gasteiger partial charge < -0.3 is 0 Å². The molecule has 8 nitrogen and oxygen atoms in total. The Bertz CT molecular complexity index is 713. The van der Waals surface area contributed by atoms with E-state index in [9.17, 15) is 20.2 Å². The summed E-state index contributed by atoms with van der Waals surface area (Å²) in [7, 11) is 0. The number of benzene rings is 1. The van der Waals surface area contributed by atoms with E-state index in [0.29, 0.717) is 18.5 Å². The number of rotatable bonds is 5. The highest BCUT2D eigenvalue weighted by Crippen LogP contribution is 2.32. The van der Waals surface area contributed by atoms with Crippen LogP contribution in [0.5, 0.6) is 0 Å². The second-order valence-electron chi connectivity index (χ2n) is 4.28. The van der Waals surface area contributed by atoms with Gasteiger partial charge in [0.25, 0.3) is 5.69 Å². The van der Waals surface area contributed by atoms with Crippen molar-refractivity contribution in [3.05, 3.63) is 55.3 Å². The fourth-order valence-corrected chi connectivity index (χ4v) is 2.24. The Morgan fingerprint density at radius 3 is 2.57 bits per heavy atom. The summed E-state index contributed by atoms with van der Waals surface area (Å²) in [6.07, 6.45) is 1.07. The first-order valence-electron chi connectivity index (χ1n) is 6.12. The first-order chi connectivity index (χ1) is 9.95. The third-order valence-electron chi connectivity index (χ3n) is 2.83. The minimum absolute atomic E-state index is 0.140. The van der Waals surface area contributed by atoms with E-state index in [0.717, 1.165) is 4.68 Å². The van der Waals surface area contributed by atoms with Gasteiger partial charge in [0.15, 0.2) is 0 Å². The molecule has 0 aliphatic heterocycles. The molecular weight excluding hydrogens is 300 g/mol. The minimum Gasteiger partial charge on any atom is -0.258 e. The highest BCUT2D eigenvalue weighted by molar-refractivity contribution is 6.32. The predicted octanol–water partition coefficient (Wildman–Crippen LogP) is 3.29. The van der Waals surface area contributed by atoms with Crippen LogP contribution in [0.25, 0.3) is 5.69 Å². The second-order valence-corrected chi connectivity index (χ2v) is 4.64. The predicted molar refractivity (Wildman–Crippen MR) is 75.9 cm³/mol. The Hall–Kier alpha value is -2.48. The normalized spacial score (nSPS) is 10.6. The summed E-state index contributed by atoms with van der Waals surface area (Å²) < 4.78 is 1.15. The Morgan fingerprint density at radius 2 is 2.00 bits per heavy atom. The largest absolute Gasteiger partial charge is 0.329 e. The average Bonchev–Trinajstić information content (AvgIpc) is 2.76. The molecule has 0 N–H and O–H groups in total. The van der Waals surface area contributed by atoms with E-state index >= 15 is 0 Å². The molecule has 21 heavy (non-hydrogen) atoms. The van der Waals surface area contributed by atoms with Crippen molar-refractivity contribution in [2.45, 2.75) is 19.8 Å². The molecule has 0 saturated carbocycles. The molecule has 0 atom stereocenters. The van der Waals surface area contributed by atoms with Crippen molar-refractivity contribution < 1.29 is 9.85 Å². The van der Waals surface area contributed by atoms with Crippen LogP contribution in [0, 0.1) is 20.2 Å². The zero-order valence-corrected chi connectivity index (χ0v) is 11.8. The van der Waals surface area contributed by atoms with Crippen LogP contribution in [0.2, 0.25) is 5.15 Å². The molecular formula is C12H11ClN4O4. The number of nitro groups is 2. The lowest BCUT2D eigenvalue weighted by Crippen LogP contribution is -1.99. The fourth-order valence-electron chi connectivity index (χ4n) is 1.93. The van der Waals surface area contributed by atoms with Gasteiger partial charge >= 0.3 is 5.69 Å². The quantitative estimate of drug-likeness (QED) is 0.622. The molecule has 0 bridgehead atoms. The zero-order chi connectivity index (χ0) is 15.6. The molecule has 0 unspecified atom stereocenters. The summed E-state index contributed by atoms with van der Waals surface area (Å²) in [6, 6.07) is 5.60. The van der Waals surface area contributed by atoms with Crippen LogP contribution in [-0.4, -0.2) is 19.6 Å². The molecule has 2 aromatic rings. The highest BCUT2D eigenvalue weighted by atomic mass is 35.5. The standard InChI is InChI=1S/C12H11ClN4O4/c1-2-4-10-11(17(20)21)12(13)15(14-10)8-5-3-6-9(7-8)16(18)19/h3,5-7H,2,4H2,1H3. The third kappa shape index (κ3) is 2.84. The van der Waals surface area contributed by atoms with Crippen molar-refractivity contribution in [3.8, 4) is 5.69 Å². The first kappa shape index (κ1) is 14.9. The van der Waals surface area contributed by atoms with Gasteiger partial charge in [0.1, 0.15) is 5.69 Å². The van der Waals surface area contributed by atoms with Gasteiger partial charge in [-0.2, -0.15) is 5.10 Å². The topological polar surface area (TPSA) is 104 Å². The van der Waals surface area contributed by atoms with Crippen LogP contribution in [-0.2, 0) is 6.42 Å². The lowest BCUT2D eigenvalue weighted by molar-refractivity contribution is -0.385. The van der Waals surface area contributed by atoms with Crippen LogP contribution in [0.15, 0.2) is 24.3 Å². The van der Waals surface area contributed by atoms with Crippen molar-refractivity contribution in [3.63, 3.8) is 0 Å². The molecule has 2 rings (SSSR count). The van der Waals surface area contributed by atoms with Gasteiger partial charge in [0, 0.05) is 12.1 Å². The maximum atomic E-state index is 11.1. The van der Waals surface area contributed by atoms with E-state index in [2.05, 4.69) is 5.10 Å². The molecule has 0 saturated heterocycles. The molecule has 0 aliphatic rings. The van der Waals surface area contributed by atoms with E-state index in [-0.39, 0.29) is 22.2 Å². The third-order valence-corrected chi connectivity index (χ3v) is 3.17. The molecule has 1 aromatic heterocycles. The molecule has 0 spiro atoms. The van der Waals surface area contributed by atoms with E-state index < -0.39 is 9.85 Å². The molecule has 0 fully saturated rings. The van der Waals surface area contributed by atoms with Crippen LogP contribution >= 0.6 is 11.6 Å². The Kier molecular flexibility index (Phi) is 4.18. The van der Waals surface area contributed by atoms with Crippen molar-refractivity contribution in [2.24, 2.45) is 0 Å². The number of nitrogens with zero attached hydrogens (tertiary/aromatic N) is 4. The summed E-state index contributed by atoms with van der Waals surface area (Å²) in [5.41, 5.74) is 0.169. The van der Waals surface area contributed by atoms with Crippen molar-refractivity contribution in [1.82, 2.24) is 9.78 Å². The second kappa shape index (κ2) is 5.88. The summed E-state index contributed by atoms with van der Waals surface area (Å²) in [5, 5.41) is 25.8. The van der Waals surface area contributed by atoms with Crippen LogP contribution in [0.3, 0.4) is 0 Å². The molecule has 1 aromatic carbocycles. The summed E-state index contributed by atoms with van der Waals surface area (Å²) in [4.78, 5) is 20.7. The van der Waals surface area contributed by atoms with E-state index in [4.69, 9.17) is 11.6 Å². The van der Waals surface area contributed by atoms with E-state index in [1.165, 1.54) is 18.2 Å². The van der Waals surface area contributed by atoms with Crippen molar-refractivity contribution in [1.29, 1.82) is 0 Å². The number of aryl methyl sites for hydroxylation is 1. The maximum Gasteiger partial charge on any atom is 0.329 e. The molecule has 1 heterocycles. The lowest BCUT2D eigenvalue weighted by atomic mass is 10.2. The number of hydrogen-bond acceptors (Lipinski definition) is 5. The molecule has 9 heteroatoms. The number of non-ortho nitro benzene ring substituents is 1. The molecule has 0 amide bonds. The number of halogens is 1. The molecule has 110 valence electrons. The molecule has 0 radical (unpaired) electrons. The SMILES string of the molecule is CCCc1nn(-c2cccc([N+](=O)[O-])c2)c(Cl)c1[N+](=O)[O-]. The molecule has 0 aliphatic carbocycles. The Balaban J connectivity index is 2.59. The van der Waals surface area contributed by atoms with E-state index in [1.807, 2.05) is 6.92 Å². The van der Waals surface area contributed by atoms with Gasteiger partial charge in [-0.25, -0.2) is 4.68 Å². The fraction of sp³-hybridized carbons (Fsp3) is 0.250. The van der Waals surface area contributed by atoms with Gasteiger partial charge in [-0.15, -0.1) is 0 Å². The maximum absolute atomic E-state index is 11.1. The van der Waals surface area contributed by atoms with Crippen LogP contribution < -0.4 is 0 Å². The Morgan fingerprint density at radius 1 is 1.29 bits per heavy atom. The highest BCUT2D eigenvalue weighted by Gasteiger charge is 2.27. The number of nitro benzene ring substituents is 1. The van der Waals surface area contributed by atoms with Crippen LogP contribution in [0.4, 0.5) is 11.4 Å². The van der Waals surface area contributed by atoms with Gasteiger partial charge in [-0.1, -0.05) is 31.0 Å². The number of hydrogen-bond donors (Lipinski definition) is 0. The zero-order valence-electron chi connectivity index (χ0n) is 11.0. The van der Waals surface area contributed by atoms with Crippen molar-refractivity contribution in [2.75, 3.05) is 0 Å². The van der Waals surface area contributed by atoms with Gasteiger partial charge in [-0.05, 0) is 12.5 Å². The lowest BCUT2D eigenvalue weighted by Gasteiger charge is -2.01.